The van der Waals surface area contributed by atoms with Crippen LogP contribution in [0.25, 0.3) is 0 Å². The second-order valence-electron chi connectivity index (χ2n) is 3.07. The maximum Gasteiger partial charge on any atom is 0.294 e. The summed E-state index contributed by atoms with van der Waals surface area (Å²) in [5.74, 6) is 0. The summed E-state index contributed by atoms with van der Waals surface area (Å²) in [5, 5.41) is 0. The molecule has 0 unspecified atom stereocenters. The fraction of sp³-hybridized carbons (Fsp3) is 0.455. The van der Waals surface area contributed by atoms with Gasteiger partial charge in [-0.1, -0.05) is 17.7 Å². The molecule has 0 aromatic heterocycles. The Morgan fingerprint density at radius 3 is 1.81 bits per heavy atom. The van der Waals surface area contributed by atoms with Crippen LogP contribution < -0.4 is 0 Å². The largest absolute Gasteiger partial charge is 0.382 e. The average Bonchev–Trinajstić information content (AvgIpc) is 2.19. The van der Waals surface area contributed by atoms with Crippen molar-refractivity contribution in [3.05, 3.63) is 29.8 Å². The molecule has 0 aliphatic carbocycles. The van der Waals surface area contributed by atoms with E-state index >= 15 is 0 Å². The van der Waals surface area contributed by atoms with Gasteiger partial charge in [0.1, 0.15) is 0 Å². The first-order valence-corrected chi connectivity index (χ1v) is 6.47. The Labute approximate surface area is 97.0 Å². The Hall–Kier alpha value is -0.910. The van der Waals surface area contributed by atoms with Gasteiger partial charge in [0.15, 0.2) is 0 Å². The van der Waals surface area contributed by atoms with E-state index < -0.39 is 10.1 Å². The van der Waals surface area contributed by atoms with Gasteiger partial charge in [-0.25, -0.2) is 0 Å². The van der Waals surface area contributed by atoms with Gasteiger partial charge in [0.05, 0.1) is 4.90 Å². The van der Waals surface area contributed by atoms with Crippen LogP contribution in [-0.4, -0.2) is 26.2 Å². The highest BCUT2D eigenvalue weighted by atomic mass is 32.2. The topological polar surface area (TPSA) is 63.6 Å². The lowest BCUT2D eigenvalue weighted by atomic mass is 10.2. The molecule has 0 radical (unpaired) electrons. The Morgan fingerprint density at radius 2 is 1.56 bits per heavy atom. The van der Waals surface area contributed by atoms with Gasteiger partial charge < -0.3 is 4.74 Å². The van der Waals surface area contributed by atoms with Crippen LogP contribution in [0, 0.1) is 6.92 Å². The molecule has 0 bridgehead atoms. The van der Waals surface area contributed by atoms with E-state index in [0.29, 0.717) is 0 Å². The zero-order valence-electron chi connectivity index (χ0n) is 9.80. The summed E-state index contributed by atoms with van der Waals surface area (Å²) in [6.07, 6.45) is 0. The first kappa shape index (κ1) is 15.1. The number of benzene rings is 1. The van der Waals surface area contributed by atoms with E-state index in [-0.39, 0.29) is 4.90 Å². The molecule has 0 spiro atoms. The molecule has 16 heavy (non-hydrogen) atoms. The summed E-state index contributed by atoms with van der Waals surface area (Å²) in [6.45, 7) is 7.51. The quantitative estimate of drug-likeness (QED) is 0.831. The van der Waals surface area contributed by atoms with E-state index in [4.69, 9.17) is 9.29 Å². The molecule has 0 atom stereocenters. The average molecular weight is 246 g/mol. The van der Waals surface area contributed by atoms with Crippen LogP contribution in [0.3, 0.4) is 0 Å². The summed E-state index contributed by atoms with van der Waals surface area (Å²) >= 11 is 0. The minimum Gasteiger partial charge on any atom is -0.382 e. The lowest BCUT2D eigenvalue weighted by molar-refractivity contribution is 0.162. The van der Waals surface area contributed by atoms with Crippen LogP contribution >= 0.6 is 0 Å². The van der Waals surface area contributed by atoms with Gasteiger partial charge in [-0.3, -0.25) is 4.55 Å². The standard InChI is InChI=1S/C7H8O3S.C4H10O/c1-6-2-4-7(5-3-6)11(8,9)10;1-3-5-4-2/h2-5H,1H3,(H,8,9,10);3-4H2,1-2H3. The molecule has 92 valence electrons. The molecule has 0 saturated heterocycles. The van der Waals surface area contributed by atoms with Crippen LogP contribution in [0.15, 0.2) is 29.2 Å². The zero-order valence-corrected chi connectivity index (χ0v) is 10.6. The molecule has 1 rings (SSSR count). The van der Waals surface area contributed by atoms with E-state index in [1.807, 2.05) is 20.8 Å². The molecule has 1 aromatic carbocycles. The Kier molecular flexibility index (Phi) is 6.96. The van der Waals surface area contributed by atoms with Crippen LogP contribution in [0.2, 0.25) is 0 Å². The van der Waals surface area contributed by atoms with Gasteiger partial charge in [-0.05, 0) is 32.9 Å². The molecule has 0 fully saturated rings. The molecular formula is C11H18O4S. The van der Waals surface area contributed by atoms with E-state index in [1.165, 1.54) is 12.1 Å². The normalized spacial score (nSPS) is 10.5. The second kappa shape index (κ2) is 7.38. The molecule has 0 aliphatic heterocycles. The molecule has 4 nitrogen and oxygen atoms in total. The summed E-state index contributed by atoms with van der Waals surface area (Å²) in [7, 11) is -4.02. The van der Waals surface area contributed by atoms with Crippen LogP contribution in [-0.2, 0) is 14.9 Å². The lowest BCUT2D eigenvalue weighted by Gasteiger charge is -1.95. The SMILES string of the molecule is CCOCC.Cc1ccc(S(=O)(=O)O)cc1. The van der Waals surface area contributed by atoms with Crippen LogP contribution in [0.5, 0.6) is 0 Å². The molecule has 0 aliphatic rings. The van der Waals surface area contributed by atoms with Crippen molar-refractivity contribution in [1.29, 1.82) is 0 Å². The van der Waals surface area contributed by atoms with Gasteiger partial charge >= 0.3 is 0 Å². The summed E-state index contributed by atoms with van der Waals surface area (Å²) in [5.41, 5.74) is 0.956. The molecular weight excluding hydrogens is 228 g/mol. The van der Waals surface area contributed by atoms with Crippen molar-refractivity contribution >= 4 is 10.1 Å². The first-order chi connectivity index (χ1) is 7.41. The second-order valence-corrected chi connectivity index (χ2v) is 4.49. The zero-order chi connectivity index (χ0) is 12.6. The van der Waals surface area contributed by atoms with Gasteiger partial charge in [0.25, 0.3) is 10.1 Å². The lowest BCUT2D eigenvalue weighted by Crippen LogP contribution is -1.96. The van der Waals surface area contributed by atoms with Gasteiger partial charge in [-0.15, -0.1) is 0 Å². The predicted octanol–water partition coefficient (Wildman–Crippen LogP) is 2.28. The van der Waals surface area contributed by atoms with Crippen molar-refractivity contribution in [3.63, 3.8) is 0 Å². The van der Waals surface area contributed by atoms with E-state index in [9.17, 15) is 8.42 Å². The van der Waals surface area contributed by atoms with Crippen molar-refractivity contribution in [3.8, 4) is 0 Å². The molecule has 5 heteroatoms. The molecule has 0 heterocycles. The number of aryl methyl sites for hydroxylation is 1. The van der Waals surface area contributed by atoms with Crippen LogP contribution in [0.4, 0.5) is 0 Å². The number of hydrogen-bond acceptors (Lipinski definition) is 3. The molecule has 0 saturated carbocycles. The monoisotopic (exact) mass is 246 g/mol. The summed E-state index contributed by atoms with van der Waals surface area (Å²) < 4.78 is 34.4. The number of rotatable bonds is 3. The first-order valence-electron chi connectivity index (χ1n) is 5.03. The molecule has 0 amide bonds. The third-order valence-electron chi connectivity index (χ3n) is 1.73. The van der Waals surface area contributed by atoms with Gasteiger partial charge in [-0.2, -0.15) is 8.42 Å². The van der Waals surface area contributed by atoms with Crippen molar-refractivity contribution in [1.82, 2.24) is 0 Å². The van der Waals surface area contributed by atoms with E-state index in [1.54, 1.807) is 12.1 Å². The smallest absolute Gasteiger partial charge is 0.294 e. The number of hydrogen-bond donors (Lipinski definition) is 1. The Bertz CT molecular complexity index is 379. The van der Waals surface area contributed by atoms with E-state index in [0.717, 1.165) is 18.8 Å². The number of ether oxygens (including phenoxy) is 1. The van der Waals surface area contributed by atoms with Crippen molar-refractivity contribution in [2.45, 2.75) is 25.7 Å². The Balaban J connectivity index is 0.000000385. The van der Waals surface area contributed by atoms with Crippen LogP contribution in [0.1, 0.15) is 19.4 Å². The highest BCUT2D eigenvalue weighted by Gasteiger charge is 2.06. The molecule has 1 N–H and O–H groups in total. The maximum atomic E-state index is 10.5. The minimum absolute atomic E-state index is 0.0666. The van der Waals surface area contributed by atoms with E-state index in [2.05, 4.69) is 0 Å². The third-order valence-corrected chi connectivity index (χ3v) is 2.59. The fourth-order valence-corrected chi connectivity index (χ4v) is 1.39. The molecule has 1 aromatic rings. The summed E-state index contributed by atoms with van der Waals surface area (Å²) in [6, 6.07) is 5.99. The third kappa shape index (κ3) is 6.55. The maximum absolute atomic E-state index is 10.5. The predicted molar refractivity (Wildman–Crippen MR) is 63.2 cm³/mol. The van der Waals surface area contributed by atoms with Gasteiger partial charge in [0.2, 0.25) is 0 Å². The minimum atomic E-state index is -4.02. The van der Waals surface area contributed by atoms with Crippen molar-refractivity contribution in [2.24, 2.45) is 0 Å². The van der Waals surface area contributed by atoms with Crippen molar-refractivity contribution < 1.29 is 17.7 Å². The highest BCUT2D eigenvalue weighted by Crippen LogP contribution is 2.08. The van der Waals surface area contributed by atoms with Crippen molar-refractivity contribution in [2.75, 3.05) is 13.2 Å². The highest BCUT2D eigenvalue weighted by molar-refractivity contribution is 7.85. The Morgan fingerprint density at radius 1 is 1.12 bits per heavy atom. The summed E-state index contributed by atoms with van der Waals surface area (Å²) in [4.78, 5) is -0.0666. The van der Waals surface area contributed by atoms with Gasteiger partial charge in [0, 0.05) is 13.2 Å². The fourth-order valence-electron chi connectivity index (χ4n) is 0.914.